The van der Waals surface area contributed by atoms with Crippen LogP contribution in [0, 0.1) is 11.8 Å². The third kappa shape index (κ3) is 4.17. The predicted octanol–water partition coefficient (Wildman–Crippen LogP) is 2.04. The summed E-state index contributed by atoms with van der Waals surface area (Å²) in [4.78, 5) is 5.39. The molecule has 0 aromatic carbocycles. The molecule has 2 saturated heterocycles. The monoisotopic (exact) mass is 267 g/mol. The second-order valence-electron chi connectivity index (χ2n) is 6.55. The molecule has 19 heavy (non-hydrogen) atoms. The highest BCUT2D eigenvalue weighted by atomic mass is 15.2. The molecule has 2 aliphatic rings. The van der Waals surface area contributed by atoms with Gasteiger partial charge in [-0.15, -0.1) is 0 Å². The number of hydrogen-bond acceptors (Lipinski definition) is 3. The second kappa shape index (κ2) is 7.61. The Balaban J connectivity index is 1.94. The minimum absolute atomic E-state index is 0.775. The molecule has 2 rings (SSSR count). The summed E-state index contributed by atoms with van der Waals surface area (Å²) in [6.07, 6.45) is 4.18. The molecule has 0 spiro atoms. The summed E-state index contributed by atoms with van der Waals surface area (Å²) in [7, 11) is 0. The zero-order valence-corrected chi connectivity index (χ0v) is 13.2. The fourth-order valence-electron chi connectivity index (χ4n) is 3.88. The Hall–Kier alpha value is -0.120. The van der Waals surface area contributed by atoms with Crippen LogP contribution in [0.2, 0.25) is 0 Å². The lowest BCUT2D eigenvalue weighted by molar-refractivity contribution is 0.0577. The van der Waals surface area contributed by atoms with Crippen LogP contribution in [0.15, 0.2) is 0 Å². The van der Waals surface area contributed by atoms with E-state index in [4.69, 9.17) is 0 Å². The minimum Gasteiger partial charge on any atom is -0.315 e. The van der Waals surface area contributed by atoms with Gasteiger partial charge in [0.1, 0.15) is 0 Å². The van der Waals surface area contributed by atoms with Crippen LogP contribution in [0.5, 0.6) is 0 Å². The van der Waals surface area contributed by atoms with Crippen LogP contribution >= 0.6 is 0 Å². The van der Waals surface area contributed by atoms with E-state index in [0.29, 0.717) is 0 Å². The summed E-state index contributed by atoms with van der Waals surface area (Å²) < 4.78 is 0. The van der Waals surface area contributed by atoms with Gasteiger partial charge in [-0.05, 0) is 57.3 Å². The Morgan fingerprint density at radius 3 is 2.68 bits per heavy atom. The van der Waals surface area contributed by atoms with Crippen molar-refractivity contribution in [1.29, 1.82) is 0 Å². The van der Waals surface area contributed by atoms with E-state index < -0.39 is 0 Å². The van der Waals surface area contributed by atoms with Gasteiger partial charge < -0.3 is 10.2 Å². The number of nitrogens with one attached hydrogen (secondary N) is 1. The summed E-state index contributed by atoms with van der Waals surface area (Å²) in [5.41, 5.74) is 0. The van der Waals surface area contributed by atoms with Crippen LogP contribution in [-0.2, 0) is 0 Å². The van der Waals surface area contributed by atoms with E-state index in [1.165, 1.54) is 65.1 Å². The predicted molar refractivity (Wildman–Crippen MR) is 82.5 cm³/mol. The van der Waals surface area contributed by atoms with E-state index in [1.807, 2.05) is 0 Å². The lowest BCUT2D eigenvalue weighted by atomic mass is 9.88. The quantitative estimate of drug-likeness (QED) is 0.822. The maximum atomic E-state index is 3.63. The van der Waals surface area contributed by atoms with Crippen molar-refractivity contribution in [3.8, 4) is 0 Å². The topological polar surface area (TPSA) is 18.5 Å². The van der Waals surface area contributed by atoms with Gasteiger partial charge in [0.05, 0.1) is 0 Å². The standard InChI is InChI=1S/C16H33N3/c1-4-18(5-2)13-15-8-9-17-11-16(15)19-10-6-7-14(3)12-19/h14-17H,4-13H2,1-3H3. The third-order valence-electron chi connectivity index (χ3n) is 5.13. The van der Waals surface area contributed by atoms with Crippen molar-refractivity contribution in [2.24, 2.45) is 11.8 Å². The molecule has 112 valence electrons. The lowest BCUT2D eigenvalue weighted by Gasteiger charge is -2.44. The van der Waals surface area contributed by atoms with E-state index in [2.05, 4.69) is 35.9 Å². The Morgan fingerprint density at radius 2 is 2.00 bits per heavy atom. The third-order valence-corrected chi connectivity index (χ3v) is 5.13. The Labute approximate surface area is 119 Å². The van der Waals surface area contributed by atoms with Gasteiger partial charge in [0.15, 0.2) is 0 Å². The number of nitrogens with zero attached hydrogens (tertiary/aromatic N) is 2. The van der Waals surface area contributed by atoms with Gasteiger partial charge in [0.2, 0.25) is 0 Å². The van der Waals surface area contributed by atoms with Crippen molar-refractivity contribution in [3.63, 3.8) is 0 Å². The summed E-state index contributed by atoms with van der Waals surface area (Å²) in [5, 5.41) is 3.63. The number of rotatable bonds is 5. The molecule has 0 aromatic rings. The van der Waals surface area contributed by atoms with E-state index in [1.54, 1.807) is 0 Å². The zero-order chi connectivity index (χ0) is 13.7. The molecule has 0 bridgehead atoms. The molecule has 3 unspecified atom stereocenters. The lowest BCUT2D eigenvalue weighted by Crippen LogP contribution is -2.56. The van der Waals surface area contributed by atoms with Crippen molar-refractivity contribution in [1.82, 2.24) is 15.1 Å². The first-order chi connectivity index (χ1) is 9.24. The maximum Gasteiger partial charge on any atom is 0.0261 e. The van der Waals surface area contributed by atoms with Crippen molar-refractivity contribution in [2.45, 2.75) is 46.1 Å². The molecule has 0 aliphatic carbocycles. The fraction of sp³-hybridized carbons (Fsp3) is 1.00. The molecule has 3 heteroatoms. The van der Waals surface area contributed by atoms with Crippen molar-refractivity contribution < 1.29 is 0 Å². The van der Waals surface area contributed by atoms with Crippen molar-refractivity contribution in [3.05, 3.63) is 0 Å². The molecule has 0 aromatic heterocycles. The molecule has 3 nitrogen and oxygen atoms in total. The molecular formula is C16H33N3. The highest BCUT2D eigenvalue weighted by molar-refractivity contribution is 4.89. The van der Waals surface area contributed by atoms with Gasteiger partial charge >= 0.3 is 0 Å². The van der Waals surface area contributed by atoms with Gasteiger partial charge in [-0.1, -0.05) is 20.8 Å². The minimum atomic E-state index is 0.775. The van der Waals surface area contributed by atoms with E-state index in [-0.39, 0.29) is 0 Å². The average molecular weight is 267 g/mol. The largest absolute Gasteiger partial charge is 0.315 e. The van der Waals surface area contributed by atoms with Crippen LogP contribution < -0.4 is 5.32 Å². The normalized spacial score (nSPS) is 33.8. The fourth-order valence-corrected chi connectivity index (χ4v) is 3.88. The Morgan fingerprint density at radius 1 is 1.21 bits per heavy atom. The van der Waals surface area contributed by atoms with E-state index in [0.717, 1.165) is 17.9 Å². The highest BCUT2D eigenvalue weighted by Crippen LogP contribution is 2.25. The zero-order valence-electron chi connectivity index (χ0n) is 13.2. The van der Waals surface area contributed by atoms with E-state index >= 15 is 0 Å². The smallest absolute Gasteiger partial charge is 0.0261 e. The van der Waals surface area contributed by atoms with E-state index in [9.17, 15) is 0 Å². The van der Waals surface area contributed by atoms with Crippen LogP contribution in [-0.4, -0.2) is 61.7 Å². The molecule has 0 radical (unpaired) electrons. The number of piperidine rings is 2. The van der Waals surface area contributed by atoms with Gasteiger partial charge in [0.25, 0.3) is 0 Å². The van der Waals surface area contributed by atoms with Crippen LogP contribution in [0.3, 0.4) is 0 Å². The maximum absolute atomic E-state index is 3.63. The molecule has 0 saturated carbocycles. The Kier molecular flexibility index (Phi) is 6.11. The summed E-state index contributed by atoms with van der Waals surface area (Å²) >= 11 is 0. The van der Waals surface area contributed by atoms with Crippen molar-refractivity contribution >= 4 is 0 Å². The first-order valence-corrected chi connectivity index (χ1v) is 8.41. The van der Waals surface area contributed by atoms with Gasteiger partial charge in [-0.2, -0.15) is 0 Å². The first kappa shape index (κ1) is 15.3. The van der Waals surface area contributed by atoms with Gasteiger partial charge in [-0.25, -0.2) is 0 Å². The molecule has 0 amide bonds. The van der Waals surface area contributed by atoms with Crippen LogP contribution in [0.4, 0.5) is 0 Å². The van der Waals surface area contributed by atoms with Crippen LogP contribution in [0.1, 0.15) is 40.0 Å². The molecular weight excluding hydrogens is 234 g/mol. The molecule has 3 atom stereocenters. The summed E-state index contributed by atoms with van der Waals surface area (Å²) in [5.74, 6) is 1.76. The molecule has 2 aliphatic heterocycles. The van der Waals surface area contributed by atoms with Crippen LogP contribution in [0.25, 0.3) is 0 Å². The molecule has 1 N–H and O–H groups in total. The average Bonchev–Trinajstić information content (AvgIpc) is 2.45. The first-order valence-electron chi connectivity index (χ1n) is 8.41. The molecule has 2 fully saturated rings. The SMILES string of the molecule is CCN(CC)CC1CCNCC1N1CCCC(C)C1. The van der Waals surface area contributed by atoms with Gasteiger partial charge in [0, 0.05) is 25.7 Å². The molecule has 2 heterocycles. The van der Waals surface area contributed by atoms with Crippen molar-refractivity contribution in [2.75, 3.05) is 45.8 Å². The summed E-state index contributed by atoms with van der Waals surface area (Å²) in [6.45, 7) is 15.8. The second-order valence-corrected chi connectivity index (χ2v) is 6.55. The summed E-state index contributed by atoms with van der Waals surface area (Å²) in [6, 6.07) is 0.775. The highest BCUT2D eigenvalue weighted by Gasteiger charge is 2.32. The number of likely N-dealkylation sites (tertiary alicyclic amines) is 1. The Bertz CT molecular complexity index is 252. The van der Waals surface area contributed by atoms with Gasteiger partial charge in [-0.3, -0.25) is 4.90 Å². The number of hydrogen-bond donors (Lipinski definition) is 1.